The molecule has 2 bridgehead atoms. The Kier molecular flexibility index (Phi) is 5.70. The van der Waals surface area contributed by atoms with Crippen molar-refractivity contribution < 1.29 is 0 Å². The lowest BCUT2D eigenvalue weighted by atomic mass is 9.87. The number of hydrogen-bond acceptors (Lipinski definition) is 2. The number of nitrogens with one attached hydrogen (secondary N) is 1. The minimum atomic E-state index is 0.665. The van der Waals surface area contributed by atoms with Crippen molar-refractivity contribution in [3.05, 3.63) is 0 Å². The molecule has 2 aliphatic carbocycles. The molecule has 2 nitrogen and oxygen atoms in total. The van der Waals surface area contributed by atoms with Crippen LogP contribution in [0.15, 0.2) is 0 Å². The first-order chi connectivity index (χ1) is 9.19. The molecule has 0 amide bonds. The zero-order chi connectivity index (χ0) is 13.8. The van der Waals surface area contributed by atoms with Gasteiger partial charge in [0.1, 0.15) is 0 Å². The van der Waals surface area contributed by atoms with Gasteiger partial charge in [-0.15, -0.1) is 0 Å². The molecule has 1 N–H and O–H groups in total. The maximum Gasteiger partial charge on any atom is 0.0243 e. The van der Waals surface area contributed by atoms with Crippen molar-refractivity contribution in [3.8, 4) is 0 Å². The van der Waals surface area contributed by atoms with Crippen molar-refractivity contribution in [1.82, 2.24) is 10.2 Å². The Labute approximate surface area is 120 Å². The fraction of sp³-hybridized carbons (Fsp3) is 1.00. The van der Waals surface area contributed by atoms with Crippen LogP contribution in [0.5, 0.6) is 0 Å². The zero-order valence-electron chi connectivity index (χ0n) is 13.5. The Bertz CT molecular complexity index is 266. The number of likely N-dealkylation sites (N-methyl/N-ethyl adjacent to an activating group) is 2. The first-order valence-electron chi connectivity index (χ1n) is 8.57. The second-order valence-corrected chi connectivity index (χ2v) is 7.03. The predicted molar refractivity (Wildman–Crippen MR) is 83.4 cm³/mol. The molecule has 0 aromatic rings. The van der Waals surface area contributed by atoms with E-state index >= 15 is 0 Å². The average molecular weight is 266 g/mol. The third kappa shape index (κ3) is 3.52. The van der Waals surface area contributed by atoms with Crippen molar-refractivity contribution in [2.45, 2.75) is 70.9 Å². The first-order valence-corrected chi connectivity index (χ1v) is 8.57. The molecule has 0 heterocycles. The first kappa shape index (κ1) is 15.3. The van der Waals surface area contributed by atoms with Gasteiger partial charge in [0.2, 0.25) is 0 Å². The molecule has 2 aliphatic rings. The molecule has 0 aliphatic heterocycles. The summed E-state index contributed by atoms with van der Waals surface area (Å²) in [6, 6.07) is 1.38. The van der Waals surface area contributed by atoms with E-state index in [1.165, 1.54) is 45.1 Å². The van der Waals surface area contributed by atoms with Crippen molar-refractivity contribution in [2.24, 2.45) is 17.8 Å². The van der Waals surface area contributed by atoms with Crippen LogP contribution in [0.3, 0.4) is 0 Å². The van der Waals surface area contributed by atoms with Crippen LogP contribution in [0, 0.1) is 17.8 Å². The normalized spacial score (nSPS) is 33.0. The van der Waals surface area contributed by atoms with Gasteiger partial charge in [-0.3, -0.25) is 0 Å². The summed E-state index contributed by atoms with van der Waals surface area (Å²) in [4.78, 5) is 2.67. The van der Waals surface area contributed by atoms with E-state index in [1.807, 2.05) is 0 Å². The molecule has 2 heteroatoms. The summed E-state index contributed by atoms with van der Waals surface area (Å²) in [5.74, 6) is 3.14. The fourth-order valence-electron chi connectivity index (χ4n) is 4.85. The van der Waals surface area contributed by atoms with Crippen LogP contribution in [0.1, 0.15) is 58.8 Å². The third-order valence-electron chi connectivity index (χ3n) is 5.83. The summed E-state index contributed by atoms with van der Waals surface area (Å²) in [5.41, 5.74) is 0. The molecule has 19 heavy (non-hydrogen) atoms. The van der Waals surface area contributed by atoms with Gasteiger partial charge < -0.3 is 10.2 Å². The van der Waals surface area contributed by atoms with Crippen molar-refractivity contribution >= 4 is 0 Å². The highest BCUT2D eigenvalue weighted by Gasteiger charge is 2.40. The second kappa shape index (κ2) is 7.08. The van der Waals surface area contributed by atoms with Crippen LogP contribution in [0.4, 0.5) is 0 Å². The predicted octanol–water partition coefficient (Wildman–Crippen LogP) is 3.52. The molecule has 2 saturated carbocycles. The third-order valence-corrected chi connectivity index (χ3v) is 5.83. The van der Waals surface area contributed by atoms with Crippen molar-refractivity contribution in [3.63, 3.8) is 0 Å². The Morgan fingerprint density at radius 3 is 2.47 bits per heavy atom. The van der Waals surface area contributed by atoms with Crippen molar-refractivity contribution in [2.75, 3.05) is 20.6 Å². The van der Waals surface area contributed by atoms with E-state index < -0.39 is 0 Å². The standard InChI is InChI=1S/C17H34N2/c1-5-7-16(18-3)17(6-2)19(4)12-15-11-13-8-9-14(15)10-13/h13-18H,5-12H2,1-4H3. The maximum absolute atomic E-state index is 3.55. The van der Waals surface area contributed by atoms with Gasteiger partial charge in [0.15, 0.2) is 0 Å². The monoisotopic (exact) mass is 266 g/mol. The van der Waals surface area contributed by atoms with Crippen LogP contribution < -0.4 is 5.32 Å². The van der Waals surface area contributed by atoms with E-state index in [0.29, 0.717) is 12.1 Å². The lowest BCUT2D eigenvalue weighted by Gasteiger charge is -2.37. The number of hydrogen-bond donors (Lipinski definition) is 1. The Balaban J connectivity index is 1.87. The molecule has 5 atom stereocenters. The van der Waals surface area contributed by atoms with Gasteiger partial charge in [-0.05, 0) is 64.0 Å². The SMILES string of the molecule is CCCC(NC)C(CC)N(C)CC1CC2CCC1C2. The maximum atomic E-state index is 3.55. The van der Waals surface area contributed by atoms with Gasteiger partial charge in [-0.1, -0.05) is 26.7 Å². The van der Waals surface area contributed by atoms with Gasteiger partial charge in [0.25, 0.3) is 0 Å². The topological polar surface area (TPSA) is 15.3 Å². The summed E-state index contributed by atoms with van der Waals surface area (Å²) in [7, 11) is 4.49. The Morgan fingerprint density at radius 2 is 2.00 bits per heavy atom. The van der Waals surface area contributed by atoms with E-state index in [9.17, 15) is 0 Å². The largest absolute Gasteiger partial charge is 0.315 e. The summed E-state index contributed by atoms with van der Waals surface area (Å²) in [6.45, 7) is 5.98. The Morgan fingerprint density at radius 1 is 1.21 bits per heavy atom. The molecule has 0 radical (unpaired) electrons. The van der Waals surface area contributed by atoms with E-state index in [4.69, 9.17) is 0 Å². The van der Waals surface area contributed by atoms with Gasteiger partial charge in [0.05, 0.1) is 0 Å². The molecular formula is C17H34N2. The minimum Gasteiger partial charge on any atom is -0.315 e. The molecule has 112 valence electrons. The van der Waals surface area contributed by atoms with E-state index in [1.54, 1.807) is 6.42 Å². The van der Waals surface area contributed by atoms with Gasteiger partial charge >= 0.3 is 0 Å². The van der Waals surface area contributed by atoms with Gasteiger partial charge in [-0.2, -0.15) is 0 Å². The zero-order valence-corrected chi connectivity index (χ0v) is 13.5. The van der Waals surface area contributed by atoms with Crippen LogP contribution >= 0.6 is 0 Å². The van der Waals surface area contributed by atoms with Gasteiger partial charge in [0, 0.05) is 18.6 Å². The van der Waals surface area contributed by atoms with Crippen LogP contribution in [-0.4, -0.2) is 37.6 Å². The molecule has 2 fully saturated rings. The molecule has 0 saturated heterocycles. The summed E-state index contributed by atoms with van der Waals surface area (Å²) >= 11 is 0. The number of rotatable bonds is 8. The van der Waals surface area contributed by atoms with E-state index in [2.05, 4.69) is 38.2 Å². The Hall–Kier alpha value is -0.0800. The summed E-state index contributed by atoms with van der Waals surface area (Å²) in [5, 5.41) is 3.55. The lowest BCUT2D eigenvalue weighted by Crippen LogP contribution is -2.48. The molecule has 5 unspecified atom stereocenters. The highest BCUT2D eigenvalue weighted by atomic mass is 15.2. The highest BCUT2D eigenvalue weighted by molar-refractivity contribution is 4.92. The van der Waals surface area contributed by atoms with Crippen LogP contribution in [0.2, 0.25) is 0 Å². The van der Waals surface area contributed by atoms with Gasteiger partial charge in [-0.25, -0.2) is 0 Å². The molecular weight excluding hydrogens is 232 g/mol. The quantitative estimate of drug-likeness (QED) is 0.723. The van der Waals surface area contributed by atoms with E-state index in [0.717, 1.165) is 17.8 Å². The second-order valence-electron chi connectivity index (χ2n) is 7.03. The average Bonchev–Trinajstić information content (AvgIpc) is 3.00. The van der Waals surface area contributed by atoms with Crippen molar-refractivity contribution in [1.29, 1.82) is 0 Å². The van der Waals surface area contributed by atoms with Crippen LogP contribution in [0.25, 0.3) is 0 Å². The summed E-state index contributed by atoms with van der Waals surface area (Å²) in [6.07, 6.45) is 9.95. The number of nitrogens with zero attached hydrogens (tertiary/aromatic N) is 1. The summed E-state index contributed by atoms with van der Waals surface area (Å²) < 4.78 is 0. The molecule has 0 aromatic carbocycles. The lowest BCUT2D eigenvalue weighted by molar-refractivity contribution is 0.138. The minimum absolute atomic E-state index is 0.665. The van der Waals surface area contributed by atoms with E-state index in [-0.39, 0.29) is 0 Å². The fourth-order valence-corrected chi connectivity index (χ4v) is 4.85. The smallest absolute Gasteiger partial charge is 0.0243 e. The molecule has 0 aromatic heterocycles. The van der Waals surface area contributed by atoms with Crippen LogP contribution in [-0.2, 0) is 0 Å². The molecule has 2 rings (SSSR count). The number of fused-ring (bicyclic) bond motifs is 2. The highest BCUT2D eigenvalue weighted by Crippen LogP contribution is 2.48. The molecule has 0 spiro atoms.